The summed E-state index contributed by atoms with van der Waals surface area (Å²) < 4.78 is 30.4. The zero-order chi connectivity index (χ0) is 7.19. The molecular formula is C5H8O4S. The first-order valence-electron chi connectivity index (χ1n) is 3.29. The Bertz CT molecular complexity index is 214. The molecule has 0 N–H and O–H groups in total. The third kappa shape index (κ3) is 0.941. The third-order valence-corrected chi connectivity index (χ3v) is 2.84. The van der Waals surface area contributed by atoms with Crippen molar-refractivity contribution in [2.24, 2.45) is 0 Å². The fourth-order valence-corrected chi connectivity index (χ4v) is 2.53. The largest absolute Gasteiger partial charge is 0.400 e. The summed E-state index contributed by atoms with van der Waals surface area (Å²) >= 11 is 0. The van der Waals surface area contributed by atoms with Crippen LogP contribution in [0.1, 0.15) is 19.3 Å². The normalized spacial score (nSPS) is 43.6. The number of fused-ring (bicyclic) bond motifs is 1. The second-order valence-electron chi connectivity index (χ2n) is 2.61. The molecule has 0 aromatic carbocycles. The van der Waals surface area contributed by atoms with Crippen LogP contribution in [0.5, 0.6) is 0 Å². The molecule has 10 heavy (non-hydrogen) atoms. The van der Waals surface area contributed by atoms with Gasteiger partial charge in [-0.2, -0.15) is 8.42 Å². The molecule has 1 saturated heterocycles. The maximum absolute atomic E-state index is 10.6. The van der Waals surface area contributed by atoms with Crippen molar-refractivity contribution in [3.8, 4) is 0 Å². The minimum Gasteiger partial charge on any atom is -0.242 e. The first-order chi connectivity index (χ1) is 4.67. The highest BCUT2D eigenvalue weighted by molar-refractivity contribution is 7.82. The molecule has 0 aromatic rings. The number of rotatable bonds is 0. The van der Waals surface area contributed by atoms with Crippen molar-refractivity contribution < 1.29 is 16.8 Å². The molecule has 58 valence electrons. The summed E-state index contributed by atoms with van der Waals surface area (Å²) in [5.41, 5.74) is 0. The van der Waals surface area contributed by atoms with Gasteiger partial charge in [0.25, 0.3) is 0 Å². The maximum Gasteiger partial charge on any atom is 0.400 e. The van der Waals surface area contributed by atoms with E-state index in [1.165, 1.54) is 0 Å². The lowest BCUT2D eigenvalue weighted by atomic mass is 10.3. The Kier molecular flexibility index (Phi) is 1.27. The Balaban J connectivity index is 2.21. The lowest BCUT2D eigenvalue weighted by Gasteiger charge is -1.98. The van der Waals surface area contributed by atoms with Gasteiger partial charge < -0.3 is 0 Å². The summed E-state index contributed by atoms with van der Waals surface area (Å²) in [7, 11) is -3.61. The Labute approximate surface area is 59.5 Å². The summed E-state index contributed by atoms with van der Waals surface area (Å²) in [5, 5.41) is 0. The number of hydrogen-bond donors (Lipinski definition) is 0. The fourth-order valence-electron chi connectivity index (χ4n) is 1.44. The van der Waals surface area contributed by atoms with Gasteiger partial charge in [0.2, 0.25) is 0 Å². The van der Waals surface area contributed by atoms with Gasteiger partial charge >= 0.3 is 10.4 Å². The van der Waals surface area contributed by atoms with Crippen molar-refractivity contribution in [1.29, 1.82) is 0 Å². The predicted molar refractivity (Wildman–Crippen MR) is 32.5 cm³/mol. The molecule has 5 heteroatoms. The molecule has 2 aliphatic rings. The molecule has 0 unspecified atom stereocenters. The van der Waals surface area contributed by atoms with Gasteiger partial charge in [0.15, 0.2) is 0 Å². The minimum atomic E-state index is -3.61. The van der Waals surface area contributed by atoms with Crippen LogP contribution in [0.15, 0.2) is 0 Å². The van der Waals surface area contributed by atoms with Gasteiger partial charge in [-0.15, -0.1) is 0 Å². The Morgan fingerprint density at radius 3 is 2.10 bits per heavy atom. The van der Waals surface area contributed by atoms with Crippen molar-refractivity contribution >= 4 is 10.4 Å². The molecule has 0 spiro atoms. The van der Waals surface area contributed by atoms with E-state index in [4.69, 9.17) is 0 Å². The summed E-state index contributed by atoms with van der Waals surface area (Å²) in [6.45, 7) is 0. The number of hydrogen-bond acceptors (Lipinski definition) is 4. The van der Waals surface area contributed by atoms with Gasteiger partial charge in [0.05, 0.1) is 0 Å². The molecule has 1 aliphatic heterocycles. The van der Waals surface area contributed by atoms with Crippen LogP contribution >= 0.6 is 0 Å². The summed E-state index contributed by atoms with van der Waals surface area (Å²) in [5.74, 6) is 0. The average molecular weight is 164 g/mol. The van der Waals surface area contributed by atoms with E-state index in [0.29, 0.717) is 0 Å². The van der Waals surface area contributed by atoms with Crippen molar-refractivity contribution in [2.45, 2.75) is 31.5 Å². The topological polar surface area (TPSA) is 52.6 Å². The van der Waals surface area contributed by atoms with Crippen LogP contribution in [0.3, 0.4) is 0 Å². The lowest BCUT2D eigenvalue weighted by Crippen LogP contribution is -2.13. The smallest absolute Gasteiger partial charge is 0.242 e. The average Bonchev–Trinajstić information content (AvgIpc) is 2.20. The zero-order valence-electron chi connectivity index (χ0n) is 5.32. The molecule has 1 aliphatic carbocycles. The molecule has 2 atom stereocenters. The van der Waals surface area contributed by atoms with Gasteiger partial charge in [-0.3, -0.25) is 0 Å². The van der Waals surface area contributed by atoms with Crippen molar-refractivity contribution in [2.75, 3.05) is 0 Å². The van der Waals surface area contributed by atoms with Crippen LogP contribution < -0.4 is 0 Å². The molecular weight excluding hydrogens is 156 g/mol. The first-order valence-corrected chi connectivity index (χ1v) is 4.62. The Morgan fingerprint density at radius 1 is 1.10 bits per heavy atom. The van der Waals surface area contributed by atoms with Crippen molar-refractivity contribution in [3.63, 3.8) is 0 Å². The van der Waals surface area contributed by atoms with E-state index >= 15 is 0 Å². The van der Waals surface area contributed by atoms with E-state index in [1.54, 1.807) is 0 Å². The predicted octanol–water partition coefficient (Wildman–Crippen LogP) is 0.199. The summed E-state index contributed by atoms with van der Waals surface area (Å²) in [6, 6.07) is 0. The van der Waals surface area contributed by atoms with Crippen LogP contribution in [-0.2, 0) is 18.8 Å². The second kappa shape index (κ2) is 1.93. The molecule has 0 aromatic heterocycles. The second-order valence-corrected chi connectivity index (χ2v) is 3.81. The summed E-state index contributed by atoms with van der Waals surface area (Å²) in [4.78, 5) is 0. The van der Waals surface area contributed by atoms with Gasteiger partial charge in [-0.05, 0) is 19.3 Å². The van der Waals surface area contributed by atoms with E-state index in [-0.39, 0.29) is 12.2 Å². The first kappa shape index (κ1) is 6.57. The maximum atomic E-state index is 10.6. The SMILES string of the molecule is O=S1(=O)O[C@H]2CCC[C@H]2O1. The summed E-state index contributed by atoms with van der Waals surface area (Å²) in [6.07, 6.45) is 2.24. The van der Waals surface area contributed by atoms with Gasteiger partial charge in [0.1, 0.15) is 12.2 Å². The van der Waals surface area contributed by atoms with E-state index in [0.717, 1.165) is 19.3 Å². The standard InChI is InChI=1S/C5H8O4S/c6-10(7)8-4-2-1-3-5(4)9-10/h4-5H,1-3H2/t4-,5+. The Morgan fingerprint density at radius 2 is 1.60 bits per heavy atom. The van der Waals surface area contributed by atoms with Crippen LogP contribution in [0.2, 0.25) is 0 Å². The van der Waals surface area contributed by atoms with E-state index in [2.05, 4.69) is 8.37 Å². The molecule has 2 rings (SSSR count). The van der Waals surface area contributed by atoms with Crippen molar-refractivity contribution in [3.05, 3.63) is 0 Å². The lowest BCUT2D eigenvalue weighted by molar-refractivity contribution is 0.187. The highest BCUT2D eigenvalue weighted by atomic mass is 32.3. The van der Waals surface area contributed by atoms with E-state index in [9.17, 15) is 8.42 Å². The molecule has 2 fully saturated rings. The molecule has 1 saturated carbocycles. The van der Waals surface area contributed by atoms with E-state index in [1.807, 2.05) is 0 Å². The van der Waals surface area contributed by atoms with Crippen LogP contribution in [0, 0.1) is 0 Å². The monoisotopic (exact) mass is 164 g/mol. The van der Waals surface area contributed by atoms with Gasteiger partial charge in [0, 0.05) is 0 Å². The van der Waals surface area contributed by atoms with Crippen LogP contribution in [0.25, 0.3) is 0 Å². The molecule has 4 nitrogen and oxygen atoms in total. The van der Waals surface area contributed by atoms with Crippen LogP contribution in [0.4, 0.5) is 0 Å². The van der Waals surface area contributed by atoms with Crippen molar-refractivity contribution in [1.82, 2.24) is 0 Å². The molecule has 0 bridgehead atoms. The van der Waals surface area contributed by atoms with Gasteiger partial charge in [-0.25, -0.2) is 8.37 Å². The fraction of sp³-hybridized carbons (Fsp3) is 1.00. The van der Waals surface area contributed by atoms with E-state index < -0.39 is 10.4 Å². The highest BCUT2D eigenvalue weighted by Gasteiger charge is 2.42. The van der Waals surface area contributed by atoms with Gasteiger partial charge in [-0.1, -0.05) is 0 Å². The molecule has 1 heterocycles. The highest BCUT2D eigenvalue weighted by Crippen LogP contribution is 2.33. The van der Waals surface area contributed by atoms with Crippen LogP contribution in [-0.4, -0.2) is 20.6 Å². The minimum absolute atomic E-state index is 0.190. The zero-order valence-corrected chi connectivity index (χ0v) is 6.13. The Hall–Kier alpha value is -0.130. The molecule has 0 amide bonds. The quantitative estimate of drug-likeness (QED) is 0.513. The molecule has 0 radical (unpaired) electrons. The third-order valence-electron chi connectivity index (χ3n) is 1.87.